The van der Waals surface area contributed by atoms with E-state index in [2.05, 4.69) is 0 Å². The Morgan fingerprint density at radius 1 is 1.03 bits per heavy atom. The first-order valence-electron chi connectivity index (χ1n) is 9.37. The summed E-state index contributed by atoms with van der Waals surface area (Å²) in [6, 6.07) is 14.1. The number of benzene rings is 2. The Hall–Kier alpha value is -3.48. The van der Waals surface area contributed by atoms with Gasteiger partial charge in [-0.3, -0.25) is 0 Å². The van der Waals surface area contributed by atoms with Gasteiger partial charge in [-0.15, -0.1) is 0 Å². The fourth-order valence-electron chi connectivity index (χ4n) is 2.92. The van der Waals surface area contributed by atoms with Crippen LogP contribution in [0.5, 0.6) is 11.5 Å². The second-order valence-electron chi connectivity index (χ2n) is 5.98. The van der Waals surface area contributed by atoms with Crippen LogP contribution >= 0.6 is 11.6 Å². The number of fused-ring (bicyclic) bond motifs is 1. The van der Waals surface area contributed by atoms with Crippen LogP contribution < -0.4 is 15.1 Å². The van der Waals surface area contributed by atoms with Crippen molar-refractivity contribution in [3.63, 3.8) is 0 Å². The van der Waals surface area contributed by atoms with Gasteiger partial charge in [-0.1, -0.05) is 37.6 Å². The lowest BCUT2D eigenvalue weighted by molar-refractivity contribution is 0.351. The third kappa shape index (κ3) is 5.31. The molecule has 0 unspecified atom stereocenters. The largest absolute Gasteiger partial charge is 0.478 e. The van der Waals surface area contributed by atoms with Gasteiger partial charge in [0.15, 0.2) is 13.2 Å². The molecule has 0 saturated heterocycles. The lowest BCUT2D eigenvalue weighted by atomic mass is 9.99. The Kier molecular flexibility index (Phi) is 8.29. The molecule has 0 saturated carbocycles. The molecule has 30 heavy (non-hydrogen) atoms. The first-order chi connectivity index (χ1) is 14.5. The van der Waals surface area contributed by atoms with Crippen molar-refractivity contribution in [3.05, 3.63) is 68.5 Å². The number of rotatable bonds is 6. The van der Waals surface area contributed by atoms with Gasteiger partial charge in [0.2, 0.25) is 0 Å². The molecule has 6 nitrogen and oxygen atoms in total. The van der Waals surface area contributed by atoms with Gasteiger partial charge in [0, 0.05) is 29.1 Å². The van der Waals surface area contributed by atoms with E-state index in [0.717, 1.165) is 5.56 Å². The summed E-state index contributed by atoms with van der Waals surface area (Å²) in [6.07, 6.45) is 0.367. The monoisotopic (exact) mass is 424 g/mol. The molecular weight excluding hydrogens is 404 g/mol. The molecule has 0 amide bonds. The fraction of sp³-hybridized carbons (Fsp3) is 0.261. The number of nitriles is 2. The van der Waals surface area contributed by atoms with Crippen molar-refractivity contribution in [2.75, 3.05) is 13.2 Å². The summed E-state index contributed by atoms with van der Waals surface area (Å²) in [4.78, 5) is 12.6. The second kappa shape index (κ2) is 10.9. The van der Waals surface area contributed by atoms with Gasteiger partial charge in [-0.25, -0.2) is 4.79 Å². The van der Waals surface area contributed by atoms with Crippen molar-refractivity contribution >= 4 is 22.6 Å². The van der Waals surface area contributed by atoms with Crippen LogP contribution in [0.2, 0.25) is 5.02 Å². The molecule has 0 bridgehead atoms. The average Bonchev–Trinajstić information content (AvgIpc) is 2.76. The Morgan fingerprint density at radius 3 is 2.30 bits per heavy atom. The van der Waals surface area contributed by atoms with Gasteiger partial charge < -0.3 is 13.9 Å². The Bertz CT molecular complexity index is 1160. The SMILES string of the molecule is CC.Cc1c(Cc2ccc(Cl)cc2)c(=O)oc2cc(OCC#N)cc(OCC#N)c12. The van der Waals surface area contributed by atoms with Gasteiger partial charge >= 0.3 is 5.63 Å². The van der Waals surface area contributed by atoms with Crippen LogP contribution in [0.15, 0.2) is 45.6 Å². The highest BCUT2D eigenvalue weighted by Gasteiger charge is 2.17. The summed E-state index contributed by atoms with van der Waals surface area (Å²) in [5.74, 6) is 0.667. The number of hydrogen-bond donors (Lipinski definition) is 0. The predicted molar refractivity (Wildman–Crippen MR) is 115 cm³/mol. The molecule has 0 radical (unpaired) electrons. The van der Waals surface area contributed by atoms with Gasteiger partial charge in [0.1, 0.15) is 29.2 Å². The molecule has 3 aromatic rings. The first kappa shape index (κ1) is 22.8. The van der Waals surface area contributed by atoms with Gasteiger partial charge in [0.05, 0.1) is 5.39 Å². The molecule has 0 spiro atoms. The van der Waals surface area contributed by atoms with Crippen molar-refractivity contribution in [2.24, 2.45) is 0 Å². The number of nitrogens with zero attached hydrogens (tertiary/aromatic N) is 2. The van der Waals surface area contributed by atoms with Crippen LogP contribution in [0, 0.1) is 29.6 Å². The number of aryl methyl sites for hydroxylation is 1. The summed E-state index contributed by atoms with van der Waals surface area (Å²) in [7, 11) is 0. The highest BCUT2D eigenvalue weighted by atomic mass is 35.5. The summed E-state index contributed by atoms with van der Waals surface area (Å²) in [5, 5.41) is 18.8. The summed E-state index contributed by atoms with van der Waals surface area (Å²) < 4.78 is 16.3. The molecule has 0 atom stereocenters. The van der Waals surface area contributed by atoms with Gasteiger partial charge in [0.25, 0.3) is 0 Å². The molecule has 0 aliphatic rings. The second-order valence-corrected chi connectivity index (χ2v) is 6.42. The molecule has 0 fully saturated rings. The van der Waals surface area contributed by atoms with Crippen LogP contribution in [0.4, 0.5) is 0 Å². The number of ether oxygens (including phenoxy) is 2. The third-order valence-corrected chi connectivity index (χ3v) is 4.46. The topological polar surface area (TPSA) is 96.2 Å². The van der Waals surface area contributed by atoms with E-state index >= 15 is 0 Å². The van der Waals surface area contributed by atoms with Gasteiger partial charge in [-0.2, -0.15) is 10.5 Å². The number of hydrogen-bond acceptors (Lipinski definition) is 6. The number of halogens is 1. The maximum Gasteiger partial charge on any atom is 0.340 e. The zero-order valence-electron chi connectivity index (χ0n) is 17.0. The van der Waals surface area contributed by atoms with E-state index in [0.29, 0.717) is 39.5 Å². The van der Waals surface area contributed by atoms with Gasteiger partial charge in [-0.05, 0) is 30.2 Å². The quantitative estimate of drug-likeness (QED) is 0.506. The highest BCUT2D eigenvalue weighted by Crippen LogP contribution is 2.34. The van der Waals surface area contributed by atoms with E-state index < -0.39 is 5.63 Å². The van der Waals surface area contributed by atoms with E-state index in [1.54, 1.807) is 25.1 Å². The standard InChI is InChI=1S/C21H15ClN2O4.C2H6/c1-13-17(10-14-2-4-15(22)5-3-14)21(25)28-19-12-16(26-8-6-23)11-18(20(13)19)27-9-7-24;1-2/h2-5,11-12H,8-10H2,1H3;1-2H3. The molecule has 7 heteroatoms. The lowest BCUT2D eigenvalue weighted by Crippen LogP contribution is -2.12. The molecule has 2 aromatic carbocycles. The zero-order chi connectivity index (χ0) is 22.1. The molecule has 0 aliphatic heterocycles. The fourth-order valence-corrected chi connectivity index (χ4v) is 3.04. The minimum Gasteiger partial charge on any atom is -0.478 e. The molecule has 0 N–H and O–H groups in total. The van der Waals surface area contributed by atoms with E-state index in [1.807, 2.05) is 38.1 Å². The maximum absolute atomic E-state index is 12.6. The lowest BCUT2D eigenvalue weighted by Gasteiger charge is -2.13. The zero-order valence-corrected chi connectivity index (χ0v) is 17.7. The molecular formula is C23H21ClN2O4. The molecule has 1 aromatic heterocycles. The molecule has 154 valence electrons. The van der Waals surface area contributed by atoms with Crippen molar-refractivity contribution < 1.29 is 13.9 Å². The summed E-state index contributed by atoms with van der Waals surface area (Å²) in [5.41, 5.74) is 1.89. The summed E-state index contributed by atoms with van der Waals surface area (Å²) in [6.45, 7) is 5.46. The van der Waals surface area contributed by atoms with E-state index in [9.17, 15) is 4.79 Å². The van der Waals surface area contributed by atoms with Crippen LogP contribution in [-0.2, 0) is 6.42 Å². The van der Waals surface area contributed by atoms with Crippen molar-refractivity contribution in [3.8, 4) is 23.6 Å². The van der Waals surface area contributed by atoms with Crippen LogP contribution in [0.3, 0.4) is 0 Å². The summed E-state index contributed by atoms with van der Waals surface area (Å²) >= 11 is 5.92. The Morgan fingerprint density at radius 2 is 1.67 bits per heavy atom. The van der Waals surface area contributed by atoms with Crippen molar-refractivity contribution in [1.29, 1.82) is 10.5 Å². The minimum atomic E-state index is -0.469. The van der Waals surface area contributed by atoms with Crippen LogP contribution in [0.1, 0.15) is 30.5 Å². The Labute approximate surface area is 179 Å². The van der Waals surface area contributed by atoms with Crippen LogP contribution in [-0.4, -0.2) is 13.2 Å². The first-order valence-corrected chi connectivity index (χ1v) is 9.75. The maximum atomic E-state index is 12.6. The highest BCUT2D eigenvalue weighted by molar-refractivity contribution is 6.30. The minimum absolute atomic E-state index is 0.166. The van der Waals surface area contributed by atoms with Crippen molar-refractivity contribution in [2.45, 2.75) is 27.2 Å². The van der Waals surface area contributed by atoms with Crippen LogP contribution in [0.25, 0.3) is 11.0 Å². The van der Waals surface area contributed by atoms with E-state index in [-0.39, 0.29) is 18.8 Å². The van der Waals surface area contributed by atoms with Crippen molar-refractivity contribution in [1.82, 2.24) is 0 Å². The smallest absolute Gasteiger partial charge is 0.340 e. The normalized spacial score (nSPS) is 9.80. The molecule has 0 aliphatic carbocycles. The molecule has 3 rings (SSSR count). The predicted octanol–water partition coefficient (Wildman–Crippen LogP) is 5.18. The molecule has 1 heterocycles. The third-order valence-electron chi connectivity index (χ3n) is 4.21. The average molecular weight is 425 g/mol. The van der Waals surface area contributed by atoms with E-state index in [4.69, 9.17) is 36.0 Å². The Balaban J connectivity index is 0.00000155. The van der Waals surface area contributed by atoms with E-state index in [1.165, 1.54) is 6.07 Å².